The van der Waals surface area contributed by atoms with E-state index in [1.807, 2.05) is 38.1 Å². The fourth-order valence-corrected chi connectivity index (χ4v) is 1.83. The van der Waals surface area contributed by atoms with Gasteiger partial charge in [-0.25, -0.2) is 0 Å². The molecule has 0 saturated heterocycles. The molecule has 1 rings (SSSR count). The molecule has 0 bridgehead atoms. The number of carbonyl (C=O) groups is 1. The topological polar surface area (TPSA) is 38.3 Å². The van der Waals surface area contributed by atoms with Crippen LogP contribution in [0.5, 0.6) is 5.75 Å². The Morgan fingerprint density at radius 1 is 1.26 bits per heavy atom. The van der Waals surface area contributed by atoms with Gasteiger partial charge in [0.05, 0.1) is 12.5 Å². The molecule has 0 atom stereocenters. The van der Waals surface area contributed by atoms with Crippen LogP contribution in [0.1, 0.15) is 39.7 Å². The van der Waals surface area contributed by atoms with Gasteiger partial charge in [-0.1, -0.05) is 26.0 Å². The predicted molar refractivity (Wildman–Crippen MR) is 78.5 cm³/mol. The number of nitrogens with one attached hydrogen (secondary N) is 1. The zero-order valence-electron chi connectivity index (χ0n) is 12.6. The van der Waals surface area contributed by atoms with Gasteiger partial charge in [0.15, 0.2) is 0 Å². The quantitative estimate of drug-likeness (QED) is 0.856. The highest BCUT2D eigenvalue weighted by Gasteiger charge is 2.29. The maximum atomic E-state index is 12.3. The molecular formula is C16H25NO2. The molecule has 3 nitrogen and oxygen atoms in total. The van der Waals surface area contributed by atoms with Crippen molar-refractivity contribution in [2.24, 2.45) is 5.92 Å². The Labute approximate surface area is 116 Å². The van der Waals surface area contributed by atoms with Crippen molar-refractivity contribution >= 4 is 5.91 Å². The standard InChI is InChI=1S/C16H25NO2/c1-12(2)10-11-17-15(18)16(3,4)13-6-8-14(19-5)9-7-13/h6-9,12H,10-11H2,1-5H3,(H,17,18). The van der Waals surface area contributed by atoms with Gasteiger partial charge in [-0.2, -0.15) is 0 Å². The predicted octanol–water partition coefficient (Wildman–Crippen LogP) is 3.14. The van der Waals surface area contributed by atoms with Crippen LogP contribution in [0.25, 0.3) is 0 Å². The first kappa shape index (κ1) is 15.5. The molecule has 0 unspecified atom stereocenters. The molecule has 0 fully saturated rings. The summed E-state index contributed by atoms with van der Waals surface area (Å²) in [6, 6.07) is 7.67. The van der Waals surface area contributed by atoms with Crippen molar-refractivity contribution in [3.63, 3.8) is 0 Å². The molecule has 0 aliphatic heterocycles. The molecular weight excluding hydrogens is 238 g/mol. The highest BCUT2D eigenvalue weighted by molar-refractivity contribution is 5.87. The molecule has 1 N–H and O–H groups in total. The smallest absolute Gasteiger partial charge is 0.230 e. The van der Waals surface area contributed by atoms with Crippen LogP contribution in [-0.2, 0) is 10.2 Å². The summed E-state index contributed by atoms with van der Waals surface area (Å²) in [5, 5.41) is 3.01. The fourth-order valence-electron chi connectivity index (χ4n) is 1.83. The van der Waals surface area contributed by atoms with Crippen molar-refractivity contribution < 1.29 is 9.53 Å². The molecule has 0 aromatic heterocycles. The highest BCUT2D eigenvalue weighted by atomic mass is 16.5. The summed E-state index contributed by atoms with van der Waals surface area (Å²) in [6.45, 7) is 8.93. The summed E-state index contributed by atoms with van der Waals surface area (Å²) < 4.78 is 5.13. The largest absolute Gasteiger partial charge is 0.497 e. The Morgan fingerprint density at radius 3 is 2.32 bits per heavy atom. The van der Waals surface area contributed by atoms with Gasteiger partial charge in [0.1, 0.15) is 5.75 Å². The number of rotatable bonds is 6. The first-order valence-electron chi connectivity index (χ1n) is 6.80. The summed E-state index contributed by atoms with van der Waals surface area (Å²) in [4.78, 5) is 12.3. The van der Waals surface area contributed by atoms with Crippen molar-refractivity contribution in [1.82, 2.24) is 5.32 Å². The van der Waals surface area contributed by atoms with Crippen molar-refractivity contribution in [2.45, 2.75) is 39.5 Å². The van der Waals surface area contributed by atoms with Gasteiger partial charge in [0.2, 0.25) is 5.91 Å². The number of amides is 1. The third-order valence-electron chi connectivity index (χ3n) is 3.39. The van der Waals surface area contributed by atoms with Crippen LogP contribution in [0.2, 0.25) is 0 Å². The zero-order valence-corrected chi connectivity index (χ0v) is 12.6. The molecule has 0 spiro atoms. The number of hydrogen-bond donors (Lipinski definition) is 1. The Bertz CT molecular complexity index is 407. The summed E-state index contributed by atoms with van der Waals surface area (Å²) in [7, 11) is 1.64. The van der Waals surface area contributed by atoms with Crippen molar-refractivity contribution in [3.05, 3.63) is 29.8 Å². The third-order valence-corrected chi connectivity index (χ3v) is 3.39. The summed E-state index contributed by atoms with van der Waals surface area (Å²) in [5.41, 5.74) is 0.471. The lowest BCUT2D eigenvalue weighted by atomic mass is 9.83. The van der Waals surface area contributed by atoms with E-state index in [1.165, 1.54) is 0 Å². The molecule has 0 radical (unpaired) electrons. The van der Waals surface area contributed by atoms with Crippen LogP contribution in [0.3, 0.4) is 0 Å². The minimum atomic E-state index is -0.525. The van der Waals surface area contributed by atoms with E-state index >= 15 is 0 Å². The normalized spacial score (nSPS) is 11.5. The van der Waals surface area contributed by atoms with E-state index in [9.17, 15) is 4.79 Å². The second-order valence-corrected chi connectivity index (χ2v) is 5.79. The monoisotopic (exact) mass is 263 g/mol. The van der Waals surface area contributed by atoms with Crippen LogP contribution in [0.15, 0.2) is 24.3 Å². The lowest BCUT2D eigenvalue weighted by molar-refractivity contribution is -0.125. The third kappa shape index (κ3) is 4.27. The summed E-state index contributed by atoms with van der Waals surface area (Å²) >= 11 is 0. The fraction of sp³-hybridized carbons (Fsp3) is 0.562. The van der Waals surface area contributed by atoms with Crippen LogP contribution in [0, 0.1) is 5.92 Å². The molecule has 0 heterocycles. The first-order valence-corrected chi connectivity index (χ1v) is 6.80. The van der Waals surface area contributed by atoms with E-state index < -0.39 is 5.41 Å². The highest BCUT2D eigenvalue weighted by Crippen LogP contribution is 2.25. The van der Waals surface area contributed by atoms with Crippen molar-refractivity contribution in [3.8, 4) is 5.75 Å². The molecule has 0 aliphatic carbocycles. The Kier molecular flexibility index (Phi) is 5.40. The summed E-state index contributed by atoms with van der Waals surface area (Å²) in [6.07, 6.45) is 1.00. The minimum Gasteiger partial charge on any atom is -0.497 e. The molecule has 1 aromatic rings. The lowest BCUT2D eigenvalue weighted by Crippen LogP contribution is -2.40. The number of ether oxygens (including phenoxy) is 1. The van der Waals surface area contributed by atoms with Crippen molar-refractivity contribution in [1.29, 1.82) is 0 Å². The van der Waals surface area contributed by atoms with E-state index in [1.54, 1.807) is 7.11 Å². The lowest BCUT2D eigenvalue weighted by Gasteiger charge is -2.24. The van der Waals surface area contributed by atoms with Gasteiger partial charge in [-0.3, -0.25) is 4.79 Å². The van der Waals surface area contributed by atoms with Gasteiger partial charge in [-0.15, -0.1) is 0 Å². The number of methoxy groups -OCH3 is 1. The molecule has 1 aromatic carbocycles. The maximum absolute atomic E-state index is 12.3. The number of benzene rings is 1. The van der Waals surface area contributed by atoms with Crippen LogP contribution in [0.4, 0.5) is 0 Å². The SMILES string of the molecule is COc1ccc(C(C)(C)C(=O)NCCC(C)C)cc1. The average molecular weight is 263 g/mol. The second-order valence-electron chi connectivity index (χ2n) is 5.79. The Morgan fingerprint density at radius 2 is 1.84 bits per heavy atom. The number of hydrogen-bond acceptors (Lipinski definition) is 2. The van der Waals surface area contributed by atoms with Gasteiger partial charge < -0.3 is 10.1 Å². The van der Waals surface area contributed by atoms with Crippen molar-refractivity contribution in [2.75, 3.05) is 13.7 Å². The number of carbonyl (C=O) groups excluding carboxylic acids is 1. The van der Waals surface area contributed by atoms with Gasteiger partial charge in [-0.05, 0) is 43.9 Å². The van der Waals surface area contributed by atoms with Gasteiger partial charge in [0, 0.05) is 6.54 Å². The second kappa shape index (κ2) is 6.60. The molecule has 0 aliphatic rings. The molecule has 106 valence electrons. The maximum Gasteiger partial charge on any atom is 0.230 e. The van der Waals surface area contributed by atoms with Crippen LogP contribution in [-0.4, -0.2) is 19.6 Å². The van der Waals surface area contributed by atoms with Crippen LogP contribution >= 0.6 is 0 Å². The Hall–Kier alpha value is -1.51. The molecule has 3 heteroatoms. The van der Waals surface area contributed by atoms with Crippen LogP contribution < -0.4 is 10.1 Å². The van der Waals surface area contributed by atoms with E-state index in [2.05, 4.69) is 19.2 Å². The minimum absolute atomic E-state index is 0.0679. The Balaban J connectivity index is 2.69. The summed E-state index contributed by atoms with van der Waals surface area (Å²) in [5.74, 6) is 1.47. The average Bonchev–Trinajstić information content (AvgIpc) is 2.38. The molecule has 0 saturated carbocycles. The zero-order chi connectivity index (χ0) is 14.5. The molecule has 19 heavy (non-hydrogen) atoms. The van der Waals surface area contributed by atoms with E-state index in [4.69, 9.17) is 4.74 Å². The van der Waals surface area contributed by atoms with Gasteiger partial charge in [0.25, 0.3) is 0 Å². The first-order chi connectivity index (χ1) is 8.87. The van der Waals surface area contributed by atoms with E-state index in [0.29, 0.717) is 5.92 Å². The van der Waals surface area contributed by atoms with E-state index in [0.717, 1.165) is 24.3 Å². The molecule has 1 amide bonds. The van der Waals surface area contributed by atoms with E-state index in [-0.39, 0.29) is 5.91 Å². The van der Waals surface area contributed by atoms with Gasteiger partial charge >= 0.3 is 0 Å².